The minimum atomic E-state index is -0.364. The SMILES string of the molecule is COc1ccc(C(=O)c2oc3ccccc3c2NC(=O)[C@H]2[C@H](C=C(C)C)C2(C)C)cc1Cl. The van der Waals surface area contributed by atoms with E-state index in [0.29, 0.717) is 33.0 Å². The molecular formula is C26H26ClNO4. The van der Waals surface area contributed by atoms with Crippen LogP contribution in [0, 0.1) is 17.3 Å². The second kappa shape index (κ2) is 8.14. The number of fused-ring (bicyclic) bond motifs is 1. The predicted molar refractivity (Wildman–Crippen MR) is 126 cm³/mol. The van der Waals surface area contributed by atoms with E-state index >= 15 is 0 Å². The van der Waals surface area contributed by atoms with Crippen LogP contribution in [0.15, 0.2) is 58.5 Å². The first kappa shape index (κ1) is 22.2. The van der Waals surface area contributed by atoms with Crippen molar-refractivity contribution in [1.82, 2.24) is 0 Å². The van der Waals surface area contributed by atoms with Crippen LogP contribution < -0.4 is 10.1 Å². The zero-order chi connectivity index (χ0) is 23.2. The summed E-state index contributed by atoms with van der Waals surface area (Å²) in [6.45, 7) is 8.23. The highest BCUT2D eigenvalue weighted by molar-refractivity contribution is 6.32. The molecule has 1 fully saturated rings. The molecule has 1 aliphatic rings. The van der Waals surface area contributed by atoms with Crippen molar-refractivity contribution in [1.29, 1.82) is 0 Å². The maximum Gasteiger partial charge on any atom is 0.230 e. The summed E-state index contributed by atoms with van der Waals surface area (Å²) in [6, 6.07) is 12.1. The van der Waals surface area contributed by atoms with Gasteiger partial charge in [-0.1, -0.05) is 49.2 Å². The number of anilines is 1. The number of ketones is 1. The van der Waals surface area contributed by atoms with Gasteiger partial charge in [0, 0.05) is 10.9 Å². The summed E-state index contributed by atoms with van der Waals surface area (Å²) in [5.41, 5.74) is 2.30. The summed E-state index contributed by atoms with van der Waals surface area (Å²) in [5.74, 6) is 0.0538. The van der Waals surface area contributed by atoms with Crippen molar-refractivity contribution in [3.63, 3.8) is 0 Å². The second-order valence-corrected chi connectivity index (χ2v) is 9.45. The van der Waals surface area contributed by atoms with Gasteiger partial charge in [-0.3, -0.25) is 9.59 Å². The van der Waals surface area contributed by atoms with E-state index in [1.165, 1.54) is 18.7 Å². The molecule has 0 radical (unpaired) electrons. The average molecular weight is 452 g/mol. The lowest BCUT2D eigenvalue weighted by atomic mass is 10.1. The summed E-state index contributed by atoms with van der Waals surface area (Å²) in [7, 11) is 1.51. The van der Waals surface area contributed by atoms with E-state index < -0.39 is 0 Å². The number of methoxy groups -OCH3 is 1. The van der Waals surface area contributed by atoms with E-state index in [0.717, 1.165) is 0 Å². The second-order valence-electron chi connectivity index (χ2n) is 9.04. The number of benzene rings is 2. The predicted octanol–water partition coefficient (Wildman–Crippen LogP) is 6.50. The molecule has 6 heteroatoms. The first-order valence-corrected chi connectivity index (χ1v) is 10.9. The van der Waals surface area contributed by atoms with Gasteiger partial charge in [-0.15, -0.1) is 0 Å². The summed E-state index contributed by atoms with van der Waals surface area (Å²) in [6.07, 6.45) is 2.14. The van der Waals surface area contributed by atoms with Gasteiger partial charge >= 0.3 is 0 Å². The molecule has 1 N–H and O–H groups in total. The lowest BCUT2D eigenvalue weighted by Crippen LogP contribution is -2.18. The molecule has 1 amide bonds. The van der Waals surface area contributed by atoms with Crippen molar-refractivity contribution in [2.24, 2.45) is 17.3 Å². The Hall–Kier alpha value is -3.05. The fourth-order valence-electron chi connectivity index (χ4n) is 4.32. The number of carbonyl (C=O) groups is 2. The number of ether oxygens (including phenoxy) is 1. The molecule has 0 spiro atoms. The molecule has 1 heterocycles. The van der Waals surface area contributed by atoms with Gasteiger partial charge in [0.25, 0.3) is 0 Å². The number of nitrogens with one attached hydrogen (secondary N) is 1. The fraction of sp³-hybridized carbons (Fsp3) is 0.308. The summed E-state index contributed by atoms with van der Waals surface area (Å²) < 4.78 is 11.1. The first-order valence-electron chi connectivity index (χ1n) is 10.5. The quantitative estimate of drug-likeness (QED) is 0.343. The highest BCUT2D eigenvalue weighted by Crippen LogP contribution is 2.59. The van der Waals surface area contributed by atoms with E-state index in [2.05, 4.69) is 25.2 Å². The zero-order valence-corrected chi connectivity index (χ0v) is 19.5. The van der Waals surface area contributed by atoms with Gasteiger partial charge < -0.3 is 14.5 Å². The Morgan fingerprint density at radius 1 is 1.16 bits per heavy atom. The van der Waals surface area contributed by atoms with Crippen molar-refractivity contribution in [3.8, 4) is 5.75 Å². The standard InChI is InChI=1S/C26H26ClNO4/c1-14(2)12-17-21(26(17,3)4)25(30)28-22-16-8-6-7-9-19(16)32-24(22)23(29)15-10-11-20(31-5)18(27)13-15/h6-13,17,21H,1-5H3,(H,28,30)/t17-,21+/m0/s1. The maximum atomic E-state index is 13.3. The Morgan fingerprint density at radius 2 is 1.88 bits per heavy atom. The molecule has 2 aromatic carbocycles. The van der Waals surface area contributed by atoms with Crippen LogP contribution in [0.2, 0.25) is 5.02 Å². The Bertz CT molecular complexity index is 1250. The molecule has 2 atom stereocenters. The van der Waals surface area contributed by atoms with Crippen molar-refractivity contribution < 1.29 is 18.7 Å². The van der Waals surface area contributed by atoms with Crippen molar-refractivity contribution in [2.45, 2.75) is 27.7 Å². The third kappa shape index (κ3) is 3.82. The number of para-hydroxylation sites is 1. The molecule has 1 saturated carbocycles. The molecule has 32 heavy (non-hydrogen) atoms. The maximum absolute atomic E-state index is 13.3. The number of hydrogen-bond donors (Lipinski definition) is 1. The van der Waals surface area contributed by atoms with Crippen molar-refractivity contribution in [3.05, 3.63) is 70.5 Å². The van der Waals surface area contributed by atoms with Gasteiger partial charge in [-0.25, -0.2) is 0 Å². The van der Waals surface area contributed by atoms with Crippen molar-refractivity contribution in [2.75, 3.05) is 12.4 Å². The average Bonchev–Trinajstić information content (AvgIpc) is 3.10. The summed E-state index contributed by atoms with van der Waals surface area (Å²) >= 11 is 6.22. The molecule has 3 aromatic rings. The van der Waals surface area contributed by atoms with Crippen LogP contribution >= 0.6 is 11.6 Å². The number of furan rings is 1. The number of hydrogen-bond acceptors (Lipinski definition) is 4. The van der Waals surface area contributed by atoms with E-state index in [1.807, 2.05) is 32.0 Å². The number of rotatable bonds is 6. The minimum absolute atomic E-state index is 0.0815. The molecule has 1 aromatic heterocycles. The smallest absolute Gasteiger partial charge is 0.230 e. The van der Waals surface area contributed by atoms with Crippen LogP contribution in [0.3, 0.4) is 0 Å². The molecule has 166 valence electrons. The van der Waals surface area contributed by atoms with E-state index in [9.17, 15) is 9.59 Å². The molecule has 0 aliphatic heterocycles. The minimum Gasteiger partial charge on any atom is -0.495 e. The van der Waals surface area contributed by atoms with E-state index in [-0.39, 0.29) is 34.7 Å². The zero-order valence-electron chi connectivity index (χ0n) is 18.8. The Morgan fingerprint density at radius 3 is 2.53 bits per heavy atom. The van der Waals surface area contributed by atoms with Crippen LogP contribution in [-0.2, 0) is 4.79 Å². The molecule has 0 bridgehead atoms. The van der Waals surface area contributed by atoms with Crippen LogP contribution in [0.5, 0.6) is 5.75 Å². The number of carbonyl (C=O) groups excluding carboxylic acids is 2. The van der Waals surface area contributed by atoms with Crippen LogP contribution in [0.4, 0.5) is 5.69 Å². The van der Waals surface area contributed by atoms with E-state index in [1.54, 1.807) is 18.2 Å². The molecule has 4 rings (SSSR count). The Labute approximate surface area is 192 Å². The normalized spacial score (nSPS) is 18.8. The molecule has 5 nitrogen and oxygen atoms in total. The van der Waals surface area contributed by atoms with Gasteiger partial charge in [0.2, 0.25) is 11.7 Å². The molecule has 0 unspecified atom stereocenters. The van der Waals surface area contributed by atoms with E-state index in [4.69, 9.17) is 20.8 Å². The summed E-state index contributed by atoms with van der Waals surface area (Å²) in [4.78, 5) is 26.6. The Kier molecular flexibility index (Phi) is 5.63. The summed E-state index contributed by atoms with van der Waals surface area (Å²) in [5, 5.41) is 4.01. The number of amides is 1. The molecular weight excluding hydrogens is 426 g/mol. The number of allylic oxidation sites excluding steroid dienone is 2. The molecule has 1 aliphatic carbocycles. The monoisotopic (exact) mass is 451 g/mol. The highest BCUT2D eigenvalue weighted by atomic mass is 35.5. The van der Waals surface area contributed by atoms with Gasteiger partial charge in [0.1, 0.15) is 11.3 Å². The van der Waals surface area contributed by atoms with Crippen molar-refractivity contribution >= 4 is 39.9 Å². The van der Waals surface area contributed by atoms with Crippen LogP contribution in [0.1, 0.15) is 43.8 Å². The van der Waals surface area contributed by atoms with Gasteiger partial charge in [-0.2, -0.15) is 0 Å². The highest BCUT2D eigenvalue weighted by Gasteiger charge is 2.60. The van der Waals surface area contributed by atoms with Gasteiger partial charge in [-0.05, 0) is 55.5 Å². The first-order chi connectivity index (χ1) is 15.1. The third-order valence-corrected chi connectivity index (χ3v) is 6.47. The largest absolute Gasteiger partial charge is 0.495 e. The third-order valence-electron chi connectivity index (χ3n) is 6.17. The van der Waals surface area contributed by atoms with Gasteiger partial charge in [0.15, 0.2) is 5.76 Å². The van der Waals surface area contributed by atoms with Gasteiger partial charge in [0.05, 0.1) is 23.7 Å². The Balaban J connectivity index is 1.71. The lowest BCUT2D eigenvalue weighted by Gasteiger charge is -2.08. The fourth-order valence-corrected chi connectivity index (χ4v) is 4.58. The molecule has 0 saturated heterocycles. The topological polar surface area (TPSA) is 68.5 Å². The van der Waals surface area contributed by atoms with Crippen LogP contribution in [0.25, 0.3) is 11.0 Å². The number of halogens is 1. The lowest BCUT2D eigenvalue weighted by molar-refractivity contribution is -0.118. The van der Waals surface area contributed by atoms with Crippen LogP contribution in [-0.4, -0.2) is 18.8 Å².